The zero-order valence-corrected chi connectivity index (χ0v) is 14.6. The number of amides is 1. The van der Waals surface area contributed by atoms with E-state index in [9.17, 15) is 4.79 Å². The van der Waals surface area contributed by atoms with Gasteiger partial charge in [-0.15, -0.1) is 0 Å². The van der Waals surface area contributed by atoms with Gasteiger partial charge in [0.25, 0.3) is 5.91 Å². The second-order valence-electron chi connectivity index (χ2n) is 4.94. The van der Waals surface area contributed by atoms with Crippen LogP contribution in [0.25, 0.3) is 0 Å². The Bertz CT molecular complexity index is 719. The SMILES string of the molecule is COc1ccc(OC)c(C(=O)N(C)Cc2cccc(Cl)c2Cl)c1. The first kappa shape index (κ1) is 17.4. The van der Waals surface area contributed by atoms with Crippen LogP contribution in [0.15, 0.2) is 36.4 Å². The van der Waals surface area contributed by atoms with E-state index >= 15 is 0 Å². The maximum atomic E-state index is 12.7. The van der Waals surface area contributed by atoms with E-state index in [1.165, 1.54) is 7.11 Å². The molecule has 0 fully saturated rings. The van der Waals surface area contributed by atoms with Crippen LogP contribution in [0.3, 0.4) is 0 Å². The summed E-state index contributed by atoms with van der Waals surface area (Å²) in [5, 5.41) is 0.912. The average Bonchev–Trinajstić information content (AvgIpc) is 2.57. The minimum atomic E-state index is -0.197. The van der Waals surface area contributed by atoms with E-state index < -0.39 is 0 Å². The fourth-order valence-corrected chi connectivity index (χ4v) is 2.56. The highest BCUT2D eigenvalue weighted by Gasteiger charge is 2.19. The molecule has 1 amide bonds. The smallest absolute Gasteiger partial charge is 0.257 e. The normalized spacial score (nSPS) is 10.3. The highest BCUT2D eigenvalue weighted by Crippen LogP contribution is 2.28. The molecule has 2 aromatic carbocycles. The Morgan fingerprint density at radius 1 is 1.13 bits per heavy atom. The molecular weight excluding hydrogens is 337 g/mol. The van der Waals surface area contributed by atoms with E-state index in [0.29, 0.717) is 33.7 Å². The fourth-order valence-electron chi connectivity index (χ4n) is 2.18. The second-order valence-corrected chi connectivity index (χ2v) is 5.73. The molecule has 0 N–H and O–H groups in total. The maximum Gasteiger partial charge on any atom is 0.257 e. The number of nitrogens with zero attached hydrogens (tertiary/aromatic N) is 1. The van der Waals surface area contributed by atoms with Gasteiger partial charge >= 0.3 is 0 Å². The summed E-state index contributed by atoms with van der Waals surface area (Å²) >= 11 is 12.2. The molecule has 2 rings (SSSR count). The minimum absolute atomic E-state index is 0.197. The maximum absolute atomic E-state index is 12.7. The van der Waals surface area contributed by atoms with Crippen LogP contribution in [0.2, 0.25) is 10.0 Å². The third kappa shape index (κ3) is 3.89. The lowest BCUT2D eigenvalue weighted by Crippen LogP contribution is -2.26. The largest absolute Gasteiger partial charge is 0.497 e. The molecule has 122 valence electrons. The topological polar surface area (TPSA) is 38.8 Å². The van der Waals surface area contributed by atoms with Gasteiger partial charge in [0, 0.05) is 13.6 Å². The Balaban J connectivity index is 2.27. The molecular formula is C17H17Cl2NO3. The van der Waals surface area contributed by atoms with Crippen molar-refractivity contribution in [3.8, 4) is 11.5 Å². The molecule has 23 heavy (non-hydrogen) atoms. The Morgan fingerprint density at radius 2 is 1.87 bits per heavy atom. The van der Waals surface area contributed by atoms with Crippen LogP contribution in [0.4, 0.5) is 0 Å². The fraction of sp³-hybridized carbons (Fsp3) is 0.235. The Hall–Kier alpha value is -1.91. The summed E-state index contributed by atoms with van der Waals surface area (Å²) in [5.74, 6) is 0.875. The Kier molecular flexibility index (Phi) is 5.74. The van der Waals surface area contributed by atoms with Crippen molar-refractivity contribution in [2.75, 3.05) is 21.3 Å². The third-order valence-electron chi connectivity index (χ3n) is 3.42. The van der Waals surface area contributed by atoms with Gasteiger partial charge in [-0.05, 0) is 29.8 Å². The summed E-state index contributed by atoms with van der Waals surface area (Å²) in [6.07, 6.45) is 0. The minimum Gasteiger partial charge on any atom is -0.497 e. The number of rotatable bonds is 5. The predicted octanol–water partition coefficient (Wildman–Crippen LogP) is 4.28. The van der Waals surface area contributed by atoms with Crippen molar-refractivity contribution in [3.05, 3.63) is 57.6 Å². The molecule has 4 nitrogen and oxygen atoms in total. The van der Waals surface area contributed by atoms with Crippen LogP contribution in [0.1, 0.15) is 15.9 Å². The summed E-state index contributed by atoms with van der Waals surface area (Å²) in [5.41, 5.74) is 1.20. The highest BCUT2D eigenvalue weighted by molar-refractivity contribution is 6.42. The molecule has 0 atom stereocenters. The first-order valence-electron chi connectivity index (χ1n) is 6.88. The van der Waals surface area contributed by atoms with Crippen molar-refractivity contribution in [1.82, 2.24) is 4.90 Å². The molecule has 6 heteroatoms. The highest BCUT2D eigenvalue weighted by atomic mass is 35.5. The average molecular weight is 354 g/mol. The summed E-state index contributed by atoms with van der Waals surface area (Å²) in [6, 6.07) is 10.4. The van der Waals surface area contributed by atoms with Crippen molar-refractivity contribution in [1.29, 1.82) is 0 Å². The monoisotopic (exact) mass is 353 g/mol. The molecule has 0 aromatic heterocycles. The van der Waals surface area contributed by atoms with Crippen molar-refractivity contribution >= 4 is 29.1 Å². The van der Waals surface area contributed by atoms with E-state index in [1.54, 1.807) is 49.4 Å². The molecule has 0 heterocycles. The molecule has 2 aromatic rings. The second kappa shape index (κ2) is 7.57. The quantitative estimate of drug-likeness (QED) is 0.804. The zero-order valence-electron chi connectivity index (χ0n) is 13.1. The first-order valence-corrected chi connectivity index (χ1v) is 7.64. The van der Waals surface area contributed by atoms with E-state index in [2.05, 4.69) is 0 Å². The number of methoxy groups -OCH3 is 2. The molecule has 0 aliphatic rings. The lowest BCUT2D eigenvalue weighted by atomic mass is 10.1. The zero-order chi connectivity index (χ0) is 17.0. The number of carbonyl (C=O) groups excluding carboxylic acids is 1. The molecule has 0 radical (unpaired) electrons. The van der Waals surface area contributed by atoms with Crippen molar-refractivity contribution < 1.29 is 14.3 Å². The summed E-state index contributed by atoms with van der Waals surface area (Å²) in [4.78, 5) is 14.3. The van der Waals surface area contributed by atoms with Gasteiger partial charge in [-0.3, -0.25) is 4.79 Å². The first-order chi connectivity index (χ1) is 11.0. The van der Waals surface area contributed by atoms with Gasteiger partial charge in [-0.2, -0.15) is 0 Å². The van der Waals surface area contributed by atoms with Crippen molar-refractivity contribution in [2.45, 2.75) is 6.54 Å². The summed E-state index contributed by atoms with van der Waals surface area (Å²) in [6.45, 7) is 0.332. The molecule has 0 spiro atoms. The molecule has 0 bridgehead atoms. The molecule has 0 saturated heterocycles. The summed E-state index contributed by atoms with van der Waals surface area (Å²) in [7, 11) is 4.76. The van der Waals surface area contributed by atoms with Crippen LogP contribution in [-0.4, -0.2) is 32.1 Å². The van der Waals surface area contributed by atoms with Crippen LogP contribution in [0, 0.1) is 0 Å². The number of hydrogen-bond acceptors (Lipinski definition) is 3. The van der Waals surface area contributed by atoms with Crippen LogP contribution in [0.5, 0.6) is 11.5 Å². The Morgan fingerprint density at radius 3 is 2.52 bits per heavy atom. The standard InChI is InChI=1S/C17H17Cl2NO3/c1-20(10-11-5-4-6-14(18)16(11)19)17(21)13-9-12(22-2)7-8-15(13)23-3/h4-9H,10H2,1-3H3. The van der Waals surface area contributed by atoms with Crippen molar-refractivity contribution in [2.24, 2.45) is 0 Å². The number of benzene rings is 2. The summed E-state index contributed by atoms with van der Waals surface area (Å²) < 4.78 is 10.4. The molecule has 0 saturated carbocycles. The molecule has 0 unspecified atom stereocenters. The van der Waals surface area contributed by atoms with Gasteiger partial charge in [-0.1, -0.05) is 35.3 Å². The van der Waals surface area contributed by atoms with Crippen molar-refractivity contribution in [3.63, 3.8) is 0 Å². The predicted molar refractivity (Wildman–Crippen MR) is 91.8 cm³/mol. The van der Waals surface area contributed by atoms with Crippen LogP contribution < -0.4 is 9.47 Å². The third-order valence-corrected chi connectivity index (χ3v) is 4.28. The van der Waals surface area contributed by atoms with E-state index in [1.807, 2.05) is 6.07 Å². The van der Waals surface area contributed by atoms with E-state index in [-0.39, 0.29) is 5.91 Å². The van der Waals surface area contributed by atoms with Gasteiger partial charge in [0.1, 0.15) is 11.5 Å². The van der Waals surface area contributed by atoms with Gasteiger partial charge in [0.15, 0.2) is 0 Å². The van der Waals surface area contributed by atoms with Crippen LogP contribution >= 0.6 is 23.2 Å². The van der Waals surface area contributed by atoms with Gasteiger partial charge in [0.05, 0.1) is 29.8 Å². The van der Waals surface area contributed by atoms with Crippen LogP contribution in [-0.2, 0) is 6.54 Å². The Labute approximate surface area is 145 Å². The van der Waals surface area contributed by atoms with E-state index in [0.717, 1.165) is 5.56 Å². The number of hydrogen-bond donors (Lipinski definition) is 0. The van der Waals surface area contributed by atoms with E-state index in [4.69, 9.17) is 32.7 Å². The lowest BCUT2D eigenvalue weighted by molar-refractivity contribution is 0.0781. The number of ether oxygens (including phenoxy) is 2. The molecule has 0 aliphatic heterocycles. The van der Waals surface area contributed by atoms with Gasteiger partial charge < -0.3 is 14.4 Å². The van der Waals surface area contributed by atoms with Gasteiger partial charge in [0.2, 0.25) is 0 Å². The number of carbonyl (C=O) groups is 1. The lowest BCUT2D eigenvalue weighted by Gasteiger charge is -2.20. The molecule has 0 aliphatic carbocycles. The number of halogens is 2. The van der Waals surface area contributed by atoms with Gasteiger partial charge in [-0.25, -0.2) is 0 Å².